The predicted molar refractivity (Wildman–Crippen MR) is 103 cm³/mol. The molecule has 2 heterocycles. The van der Waals surface area contributed by atoms with Gasteiger partial charge in [0.05, 0.1) is 27.8 Å². The Hall–Kier alpha value is -1.93. The zero-order valence-corrected chi connectivity index (χ0v) is 15.8. The minimum absolute atomic E-state index is 0. The molecule has 3 N–H and O–H groups in total. The third-order valence-corrected chi connectivity index (χ3v) is 4.37. The van der Waals surface area contributed by atoms with E-state index in [1.807, 2.05) is 0 Å². The van der Waals surface area contributed by atoms with Crippen molar-refractivity contribution >= 4 is 58.8 Å². The van der Waals surface area contributed by atoms with Gasteiger partial charge in [0, 0.05) is 24.6 Å². The Morgan fingerprint density at radius 3 is 2.46 bits per heavy atom. The first-order chi connectivity index (χ1) is 12.0. The normalized spacial score (nSPS) is 15.8. The molecule has 1 aromatic carbocycles. The number of halogens is 3. The second-order valence-corrected chi connectivity index (χ2v) is 6.35. The number of anilines is 2. The highest BCUT2D eigenvalue weighted by Gasteiger charge is 2.23. The van der Waals surface area contributed by atoms with Crippen LogP contribution in [-0.2, 0) is 4.79 Å². The number of hydrogen-bond acceptors (Lipinski definition) is 5. The molecular weight excluding hydrogens is 401 g/mol. The summed E-state index contributed by atoms with van der Waals surface area (Å²) >= 11 is 12.4. The molecule has 1 atom stereocenters. The molecule has 138 valence electrons. The van der Waals surface area contributed by atoms with Crippen molar-refractivity contribution in [3.8, 4) is 0 Å². The van der Waals surface area contributed by atoms with Gasteiger partial charge in [0.1, 0.15) is 5.69 Å². The summed E-state index contributed by atoms with van der Waals surface area (Å²) in [5.41, 5.74) is 0.865. The van der Waals surface area contributed by atoms with E-state index in [9.17, 15) is 9.59 Å². The van der Waals surface area contributed by atoms with Crippen molar-refractivity contribution in [3.63, 3.8) is 0 Å². The number of nitrogens with zero attached hydrogens (tertiary/aromatic N) is 2. The van der Waals surface area contributed by atoms with Crippen LogP contribution in [0.1, 0.15) is 16.9 Å². The Morgan fingerprint density at radius 1 is 1.15 bits per heavy atom. The molecule has 1 aliphatic rings. The molecular formula is C16H16Cl3N5O2. The molecule has 2 amide bonds. The van der Waals surface area contributed by atoms with Gasteiger partial charge in [-0.3, -0.25) is 14.6 Å². The van der Waals surface area contributed by atoms with E-state index in [1.54, 1.807) is 12.1 Å². The summed E-state index contributed by atoms with van der Waals surface area (Å²) in [6.07, 6.45) is 5.00. The summed E-state index contributed by atoms with van der Waals surface area (Å²) in [6.45, 7) is 1.48. The highest BCUT2D eigenvalue weighted by molar-refractivity contribution is 6.40. The number of amides is 2. The monoisotopic (exact) mass is 415 g/mol. The Morgan fingerprint density at radius 2 is 1.88 bits per heavy atom. The second-order valence-electron chi connectivity index (χ2n) is 5.54. The largest absolute Gasteiger partial charge is 0.326 e. The highest BCUT2D eigenvalue weighted by Crippen LogP contribution is 2.34. The van der Waals surface area contributed by atoms with Gasteiger partial charge in [-0.2, -0.15) is 0 Å². The number of hydrogen-bond donors (Lipinski definition) is 3. The fraction of sp³-hybridized carbons (Fsp3) is 0.250. The van der Waals surface area contributed by atoms with E-state index in [4.69, 9.17) is 23.2 Å². The maximum absolute atomic E-state index is 12.2. The lowest BCUT2D eigenvalue weighted by Gasteiger charge is -2.14. The molecule has 0 saturated carbocycles. The van der Waals surface area contributed by atoms with Crippen molar-refractivity contribution in [2.45, 2.75) is 6.42 Å². The maximum Gasteiger partial charge on any atom is 0.275 e. The van der Waals surface area contributed by atoms with Gasteiger partial charge in [0.25, 0.3) is 5.91 Å². The molecule has 7 nitrogen and oxygen atoms in total. The molecule has 10 heteroatoms. The Labute approximate surface area is 166 Å². The van der Waals surface area contributed by atoms with E-state index in [2.05, 4.69) is 25.9 Å². The molecule has 3 rings (SSSR count). The molecule has 1 unspecified atom stereocenters. The van der Waals surface area contributed by atoms with Gasteiger partial charge in [0.15, 0.2) is 0 Å². The second kappa shape index (κ2) is 9.14. The van der Waals surface area contributed by atoms with E-state index < -0.39 is 5.91 Å². The zero-order valence-electron chi connectivity index (χ0n) is 13.5. The summed E-state index contributed by atoms with van der Waals surface area (Å²) < 4.78 is 0. The number of benzene rings is 1. The lowest BCUT2D eigenvalue weighted by molar-refractivity contribution is -0.119. The van der Waals surface area contributed by atoms with Crippen LogP contribution in [0.5, 0.6) is 0 Å². The molecule has 0 radical (unpaired) electrons. The van der Waals surface area contributed by atoms with E-state index >= 15 is 0 Å². The van der Waals surface area contributed by atoms with Crippen molar-refractivity contribution in [1.82, 2.24) is 15.3 Å². The fourth-order valence-electron chi connectivity index (χ4n) is 2.48. The highest BCUT2D eigenvalue weighted by atomic mass is 35.5. The minimum Gasteiger partial charge on any atom is -0.326 e. The summed E-state index contributed by atoms with van der Waals surface area (Å²) in [5.74, 6) is -0.646. The molecule has 1 aromatic heterocycles. The van der Waals surface area contributed by atoms with Crippen LogP contribution in [0.3, 0.4) is 0 Å². The lowest BCUT2D eigenvalue weighted by Crippen LogP contribution is -2.24. The Balaban J connectivity index is 0.00000243. The van der Waals surface area contributed by atoms with E-state index in [1.165, 1.54) is 18.6 Å². The molecule has 0 aliphatic carbocycles. The summed E-state index contributed by atoms with van der Waals surface area (Å²) in [7, 11) is 0. The third-order valence-electron chi connectivity index (χ3n) is 3.78. The van der Waals surface area contributed by atoms with Gasteiger partial charge in [-0.25, -0.2) is 4.98 Å². The van der Waals surface area contributed by atoms with Gasteiger partial charge in [-0.1, -0.05) is 23.2 Å². The molecule has 1 fully saturated rings. The molecule has 0 bridgehead atoms. The SMILES string of the molecule is Cl.O=C(Nc1c(Cl)cc(NC(=O)C2CCNC2)cc1Cl)c1cnccn1. The van der Waals surface area contributed by atoms with E-state index in [0.717, 1.165) is 13.0 Å². The van der Waals surface area contributed by atoms with Crippen LogP contribution in [-0.4, -0.2) is 34.9 Å². The van der Waals surface area contributed by atoms with Crippen LogP contribution < -0.4 is 16.0 Å². The van der Waals surface area contributed by atoms with Gasteiger partial charge in [0.2, 0.25) is 5.91 Å². The first-order valence-electron chi connectivity index (χ1n) is 7.62. The first kappa shape index (κ1) is 20.4. The standard InChI is InChI=1S/C16H15Cl2N5O2.ClH/c17-11-5-10(22-15(24)9-1-2-19-7-9)6-12(18)14(11)23-16(25)13-8-20-3-4-21-13;/h3-6,8-9,19H,1-2,7H2,(H,22,24)(H,23,25);1H. The van der Waals surface area contributed by atoms with Crippen LogP contribution in [0.2, 0.25) is 10.0 Å². The van der Waals surface area contributed by atoms with Crippen LogP contribution >= 0.6 is 35.6 Å². The number of carbonyl (C=O) groups excluding carboxylic acids is 2. The molecule has 1 saturated heterocycles. The van der Waals surface area contributed by atoms with Crippen molar-refractivity contribution < 1.29 is 9.59 Å². The number of aromatic nitrogens is 2. The van der Waals surface area contributed by atoms with Crippen molar-refractivity contribution in [2.24, 2.45) is 5.92 Å². The number of carbonyl (C=O) groups is 2. The van der Waals surface area contributed by atoms with Crippen LogP contribution in [0.15, 0.2) is 30.7 Å². The summed E-state index contributed by atoms with van der Waals surface area (Å²) in [5, 5.41) is 8.96. The average Bonchev–Trinajstić information content (AvgIpc) is 3.13. The molecule has 26 heavy (non-hydrogen) atoms. The van der Waals surface area contributed by atoms with Gasteiger partial charge < -0.3 is 16.0 Å². The number of nitrogens with one attached hydrogen (secondary N) is 3. The quantitative estimate of drug-likeness (QED) is 0.712. The topological polar surface area (TPSA) is 96.0 Å². The van der Waals surface area contributed by atoms with Gasteiger partial charge in [-0.15, -0.1) is 12.4 Å². The molecule has 1 aliphatic heterocycles. The predicted octanol–water partition coefficient (Wildman–Crippen LogP) is 3.01. The van der Waals surface area contributed by atoms with E-state index in [-0.39, 0.29) is 45.7 Å². The summed E-state index contributed by atoms with van der Waals surface area (Å²) in [4.78, 5) is 32.1. The zero-order chi connectivity index (χ0) is 17.8. The van der Waals surface area contributed by atoms with Crippen LogP contribution in [0.25, 0.3) is 0 Å². The average molecular weight is 417 g/mol. The molecule has 2 aromatic rings. The maximum atomic E-state index is 12.2. The lowest BCUT2D eigenvalue weighted by atomic mass is 10.1. The molecule has 0 spiro atoms. The first-order valence-corrected chi connectivity index (χ1v) is 8.38. The fourth-order valence-corrected chi connectivity index (χ4v) is 3.06. The smallest absolute Gasteiger partial charge is 0.275 e. The summed E-state index contributed by atoms with van der Waals surface area (Å²) in [6, 6.07) is 3.08. The van der Waals surface area contributed by atoms with Gasteiger partial charge >= 0.3 is 0 Å². The van der Waals surface area contributed by atoms with Crippen LogP contribution in [0.4, 0.5) is 11.4 Å². The van der Waals surface area contributed by atoms with Crippen LogP contribution in [0, 0.1) is 5.92 Å². The van der Waals surface area contributed by atoms with E-state index in [0.29, 0.717) is 12.2 Å². The third kappa shape index (κ3) is 4.82. The Kier molecular flexibility index (Phi) is 7.16. The number of rotatable bonds is 4. The van der Waals surface area contributed by atoms with Crippen molar-refractivity contribution in [2.75, 3.05) is 23.7 Å². The van der Waals surface area contributed by atoms with Crippen molar-refractivity contribution in [3.05, 3.63) is 46.5 Å². The van der Waals surface area contributed by atoms with Crippen molar-refractivity contribution in [1.29, 1.82) is 0 Å². The Bertz CT molecular complexity index is 775. The minimum atomic E-state index is -0.481. The van der Waals surface area contributed by atoms with Gasteiger partial charge in [-0.05, 0) is 25.1 Å².